The molecule has 1 fully saturated rings. The molecule has 21 heavy (non-hydrogen) atoms. The highest BCUT2D eigenvalue weighted by molar-refractivity contribution is 14.0. The van der Waals surface area contributed by atoms with Gasteiger partial charge in [-0.1, -0.05) is 6.92 Å². The third kappa shape index (κ3) is 7.15. The molecule has 0 aliphatic carbocycles. The highest BCUT2D eigenvalue weighted by Crippen LogP contribution is 2.20. The van der Waals surface area contributed by atoms with Crippen molar-refractivity contribution in [3.63, 3.8) is 0 Å². The van der Waals surface area contributed by atoms with Gasteiger partial charge in [-0.3, -0.25) is 9.89 Å². The van der Waals surface area contributed by atoms with Gasteiger partial charge >= 0.3 is 0 Å². The molecule has 2 N–H and O–H groups in total. The Bertz CT molecular complexity index is 313. The van der Waals surface area contributed by atoms with Crippen LogP contribution in [0.5, 0.6) is 0 Å². The van der Waals surface area contributed by atoms with E-state index in [0.717, 1.165) is 38.6 Å². The predicted molar refractivity (Wildman–Crippen MR) is 101 cm³/mol. The van der Waals surface area contributed by atoms with Gasteiger partial charge < -0.3 is 15.4 Å². The largest absolute Gasteiger partial charge is 0.373 e. The van der Waals surface area contributed by atoms with Gasteiger partial charge in [0.1, 0.15) is 0 Å². The van der Waals surface area contributed by atoms with E-state index < -0.39 is 0 Å². The molecule has 2 atom stereocenters. The summed E-state index contributed by atoms with van der Waals surface area (Å²) in [5.41, 5.74) is 0.0795. The third-order valence-electron chi connectivity index (χ3n) is 3.73. The summed E-state index contributed by atoms with van der Waals surface area (Å²) in [6.45, 7) is 14.8. The van der Waals surface area contributed by atoms with Crippen LogP contribution in [0.4, 0.5) is 0 Å². The van der Waals surface area contributed by atoms with Gasteiger partial charge in [0.05, 0.1) is 12.2 Å². The SMILES string of the molecule is CCCNC(=NC)NCC(C)(C)N1CC(C)OC(C)C1.I. The second-order valence-electron chi connectivity index (χ2n) is 6.33. The molecular formula is C15H33IN4O. The van der Waals surface area contributed by atoms with Gasteiger partial charge in [-0.25, -0.2) is 0 Å². The molecule has 0 bridgehead atoms. The number of guanidine groups is 1. The van der Waals surface area contributed by atoms with Crippen LogP contribution in [0, 0.1) is 0 Å². The fourth-order valence-corrected chi connectivity index (χ4v) is 2.55. The molecular weight excluding hydrogens is 379 g/mol. The Hall–Kier alpha value is -0.0800. The van der Waals surface area contributed by atoms with Crippen LogP contribution >= 0.6 is 24.0 Å². The van der Waals surface area contributed by atoms with Crippen molar-refractivity contribution in [2.24, 2.45) is 4.99 Å². The van der Waals surface area contributed by atoms with Crippen molar-refractivity contribution < 1.29 is 4.74 Å². The maximum absolute atomic E-state index is 5.81. The van der Waals surface area contributed by atoms with E-state index in [4.69, 9.17) is 4.74 Å². The third-order valence-corrected chi connectivity index (χ3v) is 3.73. The minimum Gasteiger partial charge on any atom is -0.373 e. The zero-order valence-corrected chi connectivity index (χ0v) is 16.7. The minimum absolute atomic E-state index is 0. The van der Waals surface area contributed by atoms with Crippen molar-refractivity contribution in [1.29, 1.82) is 0 Å². The molecule has 126 valence electrons. The summed E-state index contributed by atoms with van der Waals surface area (Å²) >= 11 is 0. The van der Waals surface area contributed by atoms with Crippen molar-refractivity contribution in [2.45, 2.75) is 58.8 Å². The molecule has 0 aromatic rings. The monoisotopic (exact) mass is 412 g/mol. The molecule has 0 spiro atoms. The molecule has 0 saturated carbocycles. The van der Waals surface area contributed by atoms with Gasteiger partial charge in [-0.05, 0) is 34.1 Å². The van der Waals surface area contributed by atoms with E-state index in [1.807, 2.05) is 7.05 Å². The number of hydrogen-bond donors (Lipinski definition) is 2. The zero-order chi connectivity index (χ0) is 15.2. The zero-order valence-electron chi connectivity index (χ0n) is 14.4. The summed E-state index contributed by atoms with van der Waals surface area (Å²) < 4.78 is 5.81. The molecule has 2 unspecified atom stereocenters. The maximum atomic E-state index is 5.81. The van der Waals surface area contributed by atoms with Crippen molar-refractivity contribution in [1.82, 2.24) is 15.5 Å². The second kappa shape index (κ2) is 9.84. The van der Waals surface area contributed by atoms with Crippen molar-refractivity contribution in [2.75, 3.05) is 33.2 Å². The first-order chi connectivity index (χ1) is 9.39. The smallest absolute Gasteiger partial charge is 0.191 e. The first kappa shape index (κ1) is 20.9. The minimum atomic E-state index is 0. The average Bonchev–Trinajstić information content (AvgIpc) is 2.38. The Morgan fingerprint density at radius 1 is 1.24 bits per heavy atom. The van der Waals surface area contributed by atoms with E-state index in [1.54, 1.807) is 0 Å². The number of halogens is 1. The van der Waals surface area contributed by atoms with E-state index in [-0.39, 0.29) is 29.5 Å². The highest BCUT2D eigenvalue weighted by Gasteiger charge is 2.33. The Balaban J connectivity index is 0.00000400. The quantitative estimate of drug-likeness (QED) is 0.413. The number of morpholine rings is 1. The number of nitrogens with one attached hydrogen (secondary N) is 2. The van der Waals surface area contributed by atoms with Gasteiger partial charge in [0.15, 0.2) is 5.96 Å². The number of aliphatic imine (C=N–C) groups is 1. The molecule has 1 saturated heterocycles. The second-order valence-corrected chi connectivity index (χ2v) is 6.33. The van der Waals surface area contributed by atoms with Gasteiger partial charge in [0.25, 0.3) is 0 Å². The summed E-state index contributed by atoms with van der Waals surface area (Å²) in [5.74, 6) is 0.884. The lowest BCUT2D eigenvalue weighted by atomic mass is 10.00. The molecule has 1 aliphatic rings. The highest BCUT2D eigenvalue weighted by atomic mass is 127. The first-order valence-corrected chi connectivity index (χ1v) is 7.74. The lowest BCUT2D eigenvalue weighted by molar-refractivity contribution is -0.0946. The molecule has 1 rings (SSSR count). The molecule has 0 amide bonds. The van der Waals surface area contributed by atoms with Gasteiger partial charge in [0.2, 0.25) is 0 Å². The van der Waals surface area contributed by atoms with E-state index in [0.29, 0.717) is 12.2 Å². The van der Waals surface area contributed by atoms with E-state index in [1.165, 1.54) is 0 Å². The van der Waals surface area contributed by atoms with Crippen LogP contribution in [0.2, 0.25) is 0 Å². The lowest BCUT2D eigenvalue weighted by Crippen LogP contribution is -2.59. The number of rotatable bonds is 5. The normalized spacial score (nSPS) is 24.4. The van der Waals surface area contributed by atoms with Gasteiger partial charge in [-0.2, -0.15) is 0 Å². The van der Waals surface area contributed by atoms with E-state index in [9.17, 15) is 0 Å². The van der Waals surface area contributed by atoms with Crippen molar-refractivity contribution >= 4 is 29.9 Å². The summed E-state index contributed by atoms with van der Waals surface area (Å²) in [5, 5.41) is 6.74. The summed E-state index contributed by atoms with van der Waals surface area (Å²) in [6.07, 6.45) is 1.70. The summed E-state index contributed by atoms with van der Waals surface area (Å²) in [4.78, 5) is 6.76. The van der Waals surface area contributed by atoms with Gasteiger partial charge in [-0.15, -0.1) is 24.0 Å². The van der Waals surface area contributed by atoms with Crippen LogP contribution < -0.4 is 10.6 Å². The molecule has 5 nitrogen and oxygen atoms in total. The van der Waals surface area contributed by atoms with Crippen LogP contribution in [-0.2, 0) is 4.74 Å². The molecule has 0 radical (unpaired) electrons. The van der Waals surface area contributed by atoms with Crippen molar-refractivity contribution in [3.8, 4) is 0 Å². The van der Waals surface area contributed by atoms with Crippen LogP contribution in [0.3, 0.4) is 0 Å². The van der Waals surface area contributed by atoms with Crippen LogP contribution in [0.15, 0.2) is 4.99 Å². The first-order valence-electron chi connectivity index (χ1n) is 7.74. The van der Waals surface area contributed by atoms with Gasteiger partial charge in [0, 0.05) is 38.8 Å². The topological polar surface area (TPSA) is 48.9 Å². The molecule has 0 aromatic heterocycles. The predicted octanol–water partition coefficient (Wildman–Crippen LogP) is 2.07. The lowest BCUT2D eigenvalue weighted by Gasteiger charge is -2.45. The molecule has 6 heteroatoms. The van der Waals surface area contributed by atoms with Crippen molar-refractivity contribution in [3.05, 3.63) is 0 Å². The number of hydrogen-bond acceptors (Lipinski definition) is 3. The van der Waals surface area contributed by atoms with E-state index >= 15 is 0 Å². The fourth-order valence-electron chi connectivity index (χ4n) is 2.55. The Kier molecular flexibility index (Phi) is 9.80. The maximum Gasteiger partial charge on any atom is 0.191 e. The van der Waals surface area contributed by atoms with Crippen LogP contribution in [0.25, 0.3) is 0 Å². The molecule has 1 aliphatic heterocycles. The summed E-state index contributed by atoms with van der Waals surface area (Å²) in [7, 11) is 1.82. The average molecular weight is 412 g/mol. The van der Waals surface area contributed by atoms with Crippen LogP contribution in [0.1, 0.15) is 41.0 Å². The Morgan fingerprint density at radius 2 is 1.81 bits per heavy atom. The van der Waals surface area contributed by atoms with E-state index in [2.05, 4.69) is 55.1 Å². The standard InChI is InChI=1S/C15H32N4O.HI/c1-7-8-17-14(16-6)18-11-15(4,5)19-9-12(2)20-13(3)10-19;/h12-13H,7-11H2,1-6H3,(H2,16,17,18);1H. The Morgan fingerprint density at radius 3 is 2.29 bits per heavy atom. The molecule has 1 heterocycles. The fraction of sp³-hybridized carbons (Fsp3) is 0.933. The van der Waals surface area contributed by atoms with Crippen LogP contribution in [-0.4, -0.2) is 61.8 Å². The number of nitrogens with zero attached hydrogens (tertiary/aromatic N) is 2. The molecule has 0 aromatic carbocycles. The Labute approximate surface area is 147 Å². The number of ether oxygens (including phenoxy) is 1. The summed E-state index contributed by atoms with van der Waals surface area (Å²) in [6, 6.07) is 0.